The van der Waals surface area contributed by atoms with Crippen molar-refractivity contribution in [2.45, 2.75) is 37.9 Å². The van der Waals surface area contributed by atoms with E-state index in [1.807, 2.05) is 22.5 Å². The summed E-state index contributed by atoms with van der Waals surface area (Å²) >= 11 is 1.46. The van der Waals surface area contributed by atoms with Gasteiger partial charge >= 0.3 is 0 Å². The Kier molecular flexibility index (Phi) is 6.50. The molecule has 0 aliphatic carbocycles. The summed E-state index contributed by atoms with van der Waals surface area (Å²) in [6.45, 7) is 8.06. The Bertz CT molecular complexity index is 736. The van der Waals surface area contributed by atoms with E-state index in [2.05, 4.69) is 47.1 Å². The predicted molar refractivity (Wildman–Crippen MR) is 105 cm³/mol. The second-order valence-electron chi connectivity index (χ2n) is 6.73. The molecule has 0 N–H and O–H groups in total. The lowest BCUT2D eigenvalue weighted by Gasteiger charge is -2.32. The van der Waals surface area contributed by atoms with Crippen LogP contribution < -0.4 is 0 Å². The lowest BCUT2D eigenvalue weighted by Crippen LogP contribution is -2.39. The quantitative estimate of drug-likeness (QED) is 0.554. The van der Waals surface area contributed by atoms with Crippen LogP contribution in [0.1, 0.15) is 24.2 Å². The molecule has 2 aromatic rings. The number of aryl methyl sites for hydroxylation is 1. The van der Waals surface area contributed by atoms with Gasteiger partial charge in [-0.15, -0.1) is 16.8 Å². The highest BCUT2D eigenvalue weighted by Crippen LogP contribution is 2.23. The molecule has 3 rings (SSSR count). The monoisotopic (exact) mass is 370 g/mol. The number of amides is 1. The molecule has 2 heterocycles. The molecule has 1 aromatic heterocycles. The standard InChI is InChI=1S/C20H26N4OS/c1-3-11-24-16(2)21-22-20(24)26-15-19(25)23-12-9-18(10-13-23)14-17-7-5-4-6-8-17/h3-8,18H,1,9-15H2,2H3. The van der Waals surface area contributed by atoms with Gasteiger partial charge in [-0.3, -0.25) is 4.79 Å². The molecule has 5 nitrogen and oxygen atoms in total. The Labute approximate surface area is 159 Å². The molecule has 1 saturated heterocycles. The molecule has 1 fully saturated rings. The van der Waals surface area contributed by atoms with Crippen LogP contribution in [0.2, 0.25) is 0 Å². The zero-order chi connectivity index (χ0) is 18.4. The van der Waals surface area contributed by atoms with Crippen molar-refractivity contribution in [2.24, 2.45) is 5.92 Å². The summed E-state index contributed by atoms with van der Waals surface area (Å²) in [6, 6.07) is 10.6. The van der Waals surface area contributed by atoms with E-state index in [0.29, 0.717) is 18.2 Å². The van der Waals surface area contributed by atoms with E-state index >= 15 is 0 Å². The molecule has 1 amide bonds. The number of allylic oxidation sites excluding steroid dienone is 1. The van der Waals surface area contributed by atoms with E-state index in [1.54, 1.807) is 0 Å². The van der Waals surface area contributed by atoms with Crippen molar-refractivity contribution in [1.29, 1.82) is 0 Å². The summed E-state index contributed by atoms with van der Waals surface area (Å²) in [5, 5.41) is 9.05. The molecule has 1 aliphatic heterocycles. The lowest BCUT2D eigenvalue weighted by molar-refractivity contribution is -0.129. The van der Waals surface area contributed by atoms with Gasteiger partial charge in [0, 0.05) is 19.6 Å². The van der Waals surface area contributed by atoms with Gasteiger partial charge < -0.3 is 9.47 Å². The van der Waals surface area contributed by atoms with E-state index in [9.17, 15) is 4.79 Å². The number of rotatable bonds is 7. The number of likely N-dealkylation sites (tertiary alicyclic amines) is 1. The third-order valence-electron chi connectivity index (χ3n) is 4.87. The molecule has 0 spiro atoms. The largest absolute Gasteiger partial charge is 0.342 e. The molecule has 0 atom stereocenters. The van der Waals surface area contributed by atoms with Crippen LogP contribution in [0.4, 0.5) is 0 Å². The number of hydrogen-bond donors (Lipinski definition) is 0. The van der Waals surface area contributed by atoms with Crippen molar-refractivity contribution >= 4 is 17.7 Å². The smallest absolute Gasteiger partial charge is 0.233 e. The fraction of sp³-hybridized carbons (Fsp3) is 0.450. The maximum absolute atomic E-state index is 12.5. The fourth-order valence-electron chi connectivity index (χ4n) is 3.36. The predicted octanol–water partition coefficient (Wildman–Crippen LogP) is 3.35. The molecule has 0 bridgehead atoms. The number of benzene rings is 1. The number of carbonyl (C=O) groups is 1. The normalized spacial score (nSPS) is 15.2. The number of piperidine rings is 1. The number of aromatic nitrogens is 3. The SMILES string of the molecule is C=CCn1c(C)nnc1SCC(=O)N1CCC(Cc2ccccc2)CC1. The molecule has 138 valence electrons. The molecule has 1 aliphatic rings. The first-order chi connectivity index (χ1) is 12.7. The van der Waals surface area contributed by atoms with Crippen LogP contribution in [-0.4, -0.2) is 44.4 Å². The van der Waals surface area contributed by atoms with Gasteiger partial charge in [-0.1, -0.05) is 48.2 Å². The molecule has 0 saturated carbocycles. The van der Waals surface area contributed by atoms with Gasteiger partial charge in [0.15, 0.2) is 5.16 Å². The Hall–Kier alpha value is -2.08. The van der Waals surface area contributed by atoms with Gasteiger partial charge in [-0.2, -0.15) is 0 Å². The second-order valence-corrected chi connectivity index (χ2v) is 7.67. The Morgan fingerprint density at radius 2 is 2.00 bits per heavy atom. The van der Waals surface area contributed by atoms with Crippen molar-refractivity contribution in [1.82, 2.24) is 19.7 Å². The van der Waals surface area contributed by atoms with E-state index in [0.717, 1.165) is 43.3 Å². The second kappa shape index (κ2) is 9.03. The molecule has 0 radical (unpaired) electrons. The Morgan fingerprint density at radius 3 is 2.69 bits per heavy atom. The van der Waals surface area contributed by atoms with Gasteiger partial charge in [0.25, 0.3) is 0 Å². The van der Waals surface area contributed by atoms with Crippen molar-refractivity contribution in [2.75, 3.05) is 18.8 Å². The van der Waals surface area contributed by atoms with Crippen LogP contribution in [-0.2, 0) is 17.8 Å². The number of hydrogen-bond acceptors (Lipinski definition) is 4. The zero-order valence-electron chi connectivity index (χ0n) is 15.3. The maximum atomic E-state index is 12.5. The first-order valence-corrected chi connectivity index (χ1v) is 10.1. The number of thioether (sulfide) groups is 1. The van der Waals surface area contributed by atoms with Crippen molar-refractivity contribution in [3.05, 3.63) is 54.4 Å². The van der Waals surface area contributed by atoms with Crippen LogP contribution in [0.3, 0.4) is 0 Å². The number of nitrogens with zero attached hydrogens (tertiary/aromatic N) is 4. The van der Waals surface area contributed by atoms with Gasteiger partial charge in [0.05, 0.1) is 5.75 Å². The summed E-state index contributed by atoms with van der Waals surface area (Å²) in [4.78, 5) is 14.5. The molecular formula is C20H26N4OS. The summed E-state index contributed by atoms with van der Waals surface area (Å²) < 4.78 is 1.98. The minimum atomic E-state index is 0.193. The first-order valence-electron chi connectivity index (χ1n) is 9.12. The Balaban J connectivity index is 1.46. The van der Waals surface area contributed by atoms with Crippen LogP contribution in [0.15, 0.2) is 48.1 Å². The highest BCUT2D eigenvalue weighted by atomic mass is 32.2. The van der Waals surface area contributed by atoms with Crippen molar-refractivity contribution in [3.63, 3.8) is 0 Å². The van der Waals surface area contributed by atoms with Crippen LogP contribution in [0, 0.1) is 12.8 Å². The molecule has 0 unspecified atom stereocenters. The van der Waals surface area contributed by atoms with Crippen LogP contribution >= 0.6 is 11.8 Å². The fourth-order valence-corrected chi connectivity index (χ4v) is 4.26. The average molecular weight is 371 g/mol. The van der Waals surface area contributed by atoms with Crippen LogP contribution in [0.5, 0.6) is 0 Å². The molecule has 26 heavy (non-hydrogen) atoms. The van der Waals surface area contributed by atoms with Gasteiger partial charge in [-0.05, 0) is 37.7 Å². The summed E-state index contributed by atoms with van der Waals surface area (Å²) in [5.41, 5.74) is 1.39. The van der Waals surface area contributed by atoms with Gasteiger partial charge in [-0.25, -0.2) is 0 Å². The van der Waals surface area contributed by atoms with E-state index in [1.165, 1.54) is 17.3 Å². The maximum Gasteiger partial charge on any atom is 0.233 e. The highest BCUT2D eigenvalue weighted by Gasteiger charge is 2.23. The molecule has 1 aromatic carbocycles. The van der Waals surface area contributed by atoms with E-state index in [4.69, 9.17) is 0 Å². The first kappa shape index (κ1) is 18.7. The average Bonchev–Trinajstić information content (AvgIpc) is 3.01. The van der Waals surface area contributed by atoms with Gasteiger partial charge in [0.1, 0.15) is 5.82 Å². The Morgan fingerprint density at radius 1 is 1.27 bits per heavy atom. The number of carbonyl (C=O) groups excluding carboxylic acids is 1. The van der Waals surface area contributed by atoms with Crippen molar-refractivity contribution in [3.8, 4) is 0 Å². The van der Waals surface area contributed by atoms with Crippen molar-refractivity contribution < 1.29 is 4.79 Å². The topological polar surface area (TPSA) is 51.0 Å². The summed E-state index contributed by atoms with van der Waals surface area (Å²) in [5.74, 6) is 2.13. The minimum Gasteiger partial charge on any atom is -0.342 e. The van der Waals surface area contributed by atoms with E-state index in [-0.39, 0.29) is 5.91 Å². The van der Waals surface area contributed by atoms with Gasteiger partial charge in [0.2, 0.25) is 5.91 Å². The van der Waals surface area contributed by atoms with E-state index < -0.39 is 0 Å². The zero-order valence-corrected chi connectivity index (χ0v) is 16.1. The highest BCUT2D eigenvalue weighted by molar-refractivity contribution is 7.99. The van der Waals surface area contributed by atoms with Crippen LogP contribution in [0.25, 0.3) is 0 Å². The minimum absolute atomic E-state index is 0.193. The lowest BCUT2D eigenvalue weighted by atomic mass is 9.90. The third-order valence-corrected chi connectivity index (χ3v) is 5.82. The summed E-state index contributed by atoms with van der Waals surface area (Å²) in [7, 11) is 0. The third kappa shape index (κ3) is 4.75. The molecular weight excluding hydrogens is 344 g/mol. The molecule has 6 heteroatoms. The summed E-state index contributed by atoms with van der Waals surface area (Å²) in [6.07, 6.45) is 5.09.